The molecule has 2 amide bonds. The lowest BCUT2D eigenvalue weighted by Gasteiger charge is -2.31. The second-order valence-electron chi connectivity index (χ2n) is 6.12. The molecule has 25 heavy (non-hydrogen) atoms. The molecule has 2 rings (SSSR count). The Morgan fingerprint density at radius 2 is 2.08 bits per heavy atom. The zero-order valence-corrected chi connectivity index (χ0v) is 15.0. The van der Waals surface area contributed by atoms with Gasteiger partial charge >= 0.3 is 0 Å². The molecule has 0 spiro atoms. The van der Waals surface area contributed by atoms with E-state index < -0.39 is 21.8 Å². The van der Waals surface area contributed by atoms with Crippen LogP contribution in [0.2, 0.25) is 0 Å². The van der Waals surface area contributed by atoms with E-state index in [0.717, 1.165) is 0 Å². The Bertz CT molecular complexity index is 763. The number of benzene rings is 1. The summed E-state index contributed by atoms with van der Waals surface area (Å²) in [6, 6.07) is 4.31. The average Bonchev–Trinajstić information content (AvgIpc) is 2.59. The number of amides is 2. The van der Waals surface area contributed by atoms with Crippen LogP contribution in [0.5, 0.6) is 0 Å². The highest BCUT2D eigenvalue weighted by Gasteiger charge is 2.33. The van der Waals surface area contributed by atoms with Crippen LogP contribution in [-0.2, 0) is 14.8 Å². The van der Waals surface area contributed by atoms with Crippen molar-refractivity contribution in [2.75, 3.05) is 26.2 Å². The van der Waals surface area contributed by atoms with Gasteiger partial charge in [0.2, 0.25) is 21.8 Å². The highest BCUT2D eigenvalue weighted by molar-refractivity contribution is 7.89. The van der Waals surface area contributed by atoms with E-state index in [1.807, 2.05) is 0 Å². The molecule has 1 aromatic carbocycles. The second kappa shape index (κ2) is 7.94. The van der Waals surface area contributed by atoms with Crippen molar-refractivity contribution in [3.8, 4) is 0 Å². The first-order chi connectivity index (χ1) is 11.8. The van der Waals surface area contributed by atoms with Gasteiger partial charge in [0, 0.05) is 31.7 Å². The summed E-state index contributed by atoms with van der Waals surface area (Å²) in [6.45, 7) is 2.83. The maximum Gasteiger partial charge on any atom is 0.249 e. The molecule has 8 nitrogen and oxygen atoms in total. The fraction of sp³-hybridized carbons (Fsp3) is 0.500. The van der Waals surface area contributed by atoms with Gasteiger partial charge in [0.25, 0.3) is 0 Å². The summed E-state index contributed by atoms with van der Waals surface area (Å²) in [7, 11) is -3.80. The molecule has 0 aromatic heterocycles. The van der Waals surface area contributed by atoms with Gasteiger partial charge in [0.05, 0.1) is 10.8 Å². The van der Waals surface area contributed by atoms with Crippen LogP contribution < -0.4 is 16.8 Å². The van der Waals surface area contributed by atoms with Gasteiger partial charge in [0.15, 0.2) is 0 Å². The Kier molecular flexibility index (Phi) is 6.15. The fourth-order valence-electron chi connectivity index (χ4n) is 2.89. The predicted octanol–water partition coefficient (Wildman–Crippen LogP) is -0.430. The van der Waals surface area contributed by atoms with Crippen LogP contribution in [0.4, 0.5) is 0 Å². The number of aryl methyl sites for hydroxylation is 1. The van der Waals surface area contributed by atoms with E-state index in [-0.39, 0.29) is 22.9 Å². The molecule has 1 aliphatic heterocycles. The lowest BCUT2D eigenvalue weighted by Crippen LogP contribution is -2.46. The summed E-state index contributed by atoms with van der Waals surface area (Å²) in [4.78, 5) is 23.6. The summed E-state index contributed by atoms with van der Waals surface area (Å²) in [6.07, 6.45) is 1.22. The molecule has 0 saturated carbocycles. The van der Waals surface area contributed by atoms with Crippen molar-refractivity contribution in [1.29, 1.82) is 0 Å². The van der Waals surface area contributed by atoms with Gasteiger partial charge in [-0.1, -0.05) is 6.07 Å². The Morgan fingerprint density at radius 1 is 1.36 bits per heavy atom. The molecule has 0 radical (unpaired) electrons. The average molecular weight is 368 g/mol. The minimum atomic E-state index is -3.80. The van der Waals surface area contributed by atoms with Gasteiger partial charge < -0.3 is 16.8 Å². The Morgan fingerprint density at radius 3 is 2.72 bits per heavy atom. The number of piperidine rings is 1. The standard InChI is InChI=1S/C16H24N4O4S/c1-11-4-5-13(9-14(11)15(18)21)25(23,24)20-8-2-3-12(10-20)16(22)19-7-6-17/h4-5,9,12H,2-3,6-8,10,17H2,1H3,(H2,18,21)(H,19,22). The first-order valence-electron chi connectivity index (χ1n) is 8.15. The van der Waals surface area contributed by atoms with Crippen molar-refractivity contribution in [2.45, 2.75) is 24.7 Å². The molecule has 0 aliphatic carbocycles. The second-order valence-corrected chi connectivity index (χ2v) is 8.06. The maximum absolute atomic E-state index is 12.9. The number of carbonyl (C=O) groups is 2. The van der Waals surface area contributed by atoms with Crippen molar-refractivity contribution in [3.63, 3.8) is 0 Å². The fourth-order valence-corrected chi connectivity index (χ4v) is 4.44. The molecular formula is C16H24N4O4S. The first kappa shape index (κ1) is 19.4. The third kappa shape index (κ3) is 4.36. The molecule has 1 fully saturated rings. The van der Waals surface area contributed by atoms with Gasteiger partial charge in [-0.15, -0.1) is 0 Å². The number of primary amides is 1. The molecule has 1 atom stereocenters. The van der Waals surface area contributed by atoms with Crippen molar-refractivity contribution >= 4 is 21.8 Å². The minimum absolute atomic E-state index is 0.00918. The number of nitrogens with one attached hydrogen (secondary N) is 1. The number of nitrogens with two attached hydrogens (primary N) is 2. The monoisotopic (exact) mass is 368 g/mol. The number of hydrogen-bond acceptors (Lipinski definition) is 5. The van der Waals surface area contributed by atoms with Crippen LogP contribution in [-0.4, -0.2) is 50.7 Å². The number of nitrogens with zero attached hydrogens (tertiary/aromatic N) is 1. The lowest BCUT2D eigenvalue weighted by molar-refractivity contribution is -0.126. The maximum atomic E-state index is 12.9. The molecule has 1 saturated heterocycles. The van der Waals surface area contributed by atoms with E-state index >= 15 is 0 Å². The molecular weight excluding hydrogens is 344 g/mol. The minimum Gasteiger partial charge on any atom is -0.366 e. The van der Waals surface area contributed by atoms with Crippen LogP contribution in [0, 0.1) is 12.8 Å². The topological polar surface area (TPSA) is 136 Å². The van der Waals surface area contributed by atoms with Crippen LogP contribution in [0.25, 0.3) is 0 Å². The summed E-state index contributed by atoms with van der Waals surface area (Å²) < 4.78 is 27.0. The number of carbonyl (C=O) groups excluding carboxylic acids is 2. The Balaban J connectivity index is 2.23. The summed E-state index contributed by atoms with van der Waals surface area (Å²) in [5, 5.41) is 2.70. The quantitative estimate of drug-likeness (QED) is 0.626. The lowest BCUT2D eigenvalue weighted by atomic mass is 9.99. The first-order valence-corrected chi connectivity index (χ1v) is 9.59. The van der Waals surface area contributed by atoms with Crippen LogP contribution in [0.3, 0.4) is 0 Å². The number of rotatable bonds is 6. The van der Waals surface area contributed by atoms with Crippen LogP contribution >= 0.6 is 0 Å². The van der Waals surface area contributed by atoms with E-state index in [0.29, 0.717) is 38.0 Å². The van der Waals surface area contributed by atoms with Crippen molar-refractivity contribution in [3.05, 3.63) is 29.3 Å². The van der Waals surface area contributed by atoms with Crippen molar-refractivity contribution in [2.24, 2.45) is 17.4 Å². The van der Waals surface area contributed by atoms with Gasteiger partial charge in [0.1, 0.15) is 0 Å². The number of sulfonamides is 1. The largest absolute Gasteiger partial charge is 0.366 e. The molecule has 1 heterocycles. The van der Waals surface area contributed by atoms with Crippen molar-refractivity contribution < 1.29 is 18.0 Å². The van der Waals surface area contributed by atoms with E-state index in [1.54, 1.807) is 13.0 Å². The molecule has 1 aromatic rings. The predicted molar refractivity (Wildman–Crippen MR) is 93.2 cm³/mol. The summed E-state index contributed by atoms with van der Waals surface area (Å²) in [5.74, 6) is -1.27. The molecule has 9 heteroatoms. The normalized spacial score (nSPS) is 18.7. The van der Waals surface area contributed by atoms with E-state index in [9.17, 15) is 18.0 Å². The van der Waals surface area contributed by atoms with Crippen molar-refractivity contribution in [1.82, 2.24) is 9.62 Å². The van der Waals surface area contributed by atoms with Gasteiger partial charge in [-0.2, -0.15) is 4.31 Å². The third-order valence-corrected chi connectivity index (χ3v) is 6.17. The van der Waals surface area contributed by atoms with E-state index in [1.165, 1.54) is 16.4 Å². The van der Waals surface area contributed by atoms with E-state index in [2.05, 4.69) is 5.32 Å². The van der Waals surface area contributed by atoms with Gasteiger partial charge in [-0.25, -0.2) is 8.42 Å². The zero-order chi connectivity index (χ0) is 18.6. The Labute approximate surface area is 147 Å². The van der Waals surface area contributed by atoms with E-state index in [4.69, 9.17) is 11.5 Å². The molecule has 138 valence electrons. The Hall–Kier alpha value is -1.97. The smallest absolute Gasteiger partial charge is 0.249 e. The molecule has 1 aliphatic rings. The highest BCUT2D eigenvalue weighted by atomic mass is 32.2. The summed E-state index contributed by atoms with van der Waals surface area (Å²) in [5.41, 5.74) is 11.5. The summed E-state index contributed by atoms with van der Waals surface area (Å²) >= 11 is 0. The molecule has 5 N–H and O–H groups in total. The SMILES string of the molecule is Cc1ccc(S(=O)(=O)N2CCCC(C(=O)NCCN)C2)cc1C(N)=O. The van der Waals surface area contributed by atoms with Gasteiger partial charge in [-0.05, 0) is 37.5 Å². The highest BCUT2D eigenvalue weighted by Crippen LogP contribution is 2.25. The molecule has 0 bridgehead atoms. The zero-order valence-electron chi connectivity index (χ0n) is 14.2. The molecule has 1 unspecified atom stereocenters. The van der Waals surface area contributed by atoms with Crippen LogP contribution in [0.15, 0.2) is 23.1 Å². The number of hydrogen-bond donors (Lipinski definition) is 3. The van der Waals surface area contributed by atoms with Gasteiger partial charge in [-0.3, -0.25) is 9.59 Å². The van der Waals surface area contributed by atoms with Crippen LogP contribution in [0.1, 0.15) is 28.8 Å². The third-order valence-electron chi connectivity index (χ3n) is 4.31.